The molecule has 1 saturated heterocycles. The van der Waals surface area contributed by atoms with Gasteiger partial charge in [-0.05, 0) is 43.8 Å². The molecule has 2 atom stereocenters. The summed E-state index contributed by atoms with van der Waals surface area (Å²) >= 11 is 0. The van der Waals surface area contributed by atoms with Crippen molar-refractivity contribution < 1.29 is 23.4 Å². The zero-order chi connectivity index (χ0) is 15.9. The van der Waals surface area contributed by atoms with Gasteiger partial charge < -0.3 is 14.7 Å². The van der Waals surface area contributed by atoms with Crippen LogP contribution in [-0.2, 0) is 10.2 Å². The minimum absolute atomic E-state index is 0.0197. The van der Waals surface area contributed by atoms with E-state index in [1.165, 1.54) is 12.1 Å². The molecule has 3 rings (SSSR count). The molecule has 1 heterocycles. The van der Waals surface area contributed by atoms with Gasteiger partial charge in [-0.25, -0.2) is 0 Å². The van der Waals surface area contributed by atoms with E-state index >= 15 is 0 Å². The fourth-order valence-electron chi connectivity index (χ4n) is 3.55. The molecule has 1 N–H and O–H groups in total. The maximum atomic E-state index is 12.3. The van der Waals surface area contributed by atoms with Crippen LogP contribution in [0.3, 0.4) is 0 Å². The third-order valence-electron chi connectivity index (χ3n) is 4.68. The summed E-state index contributed by atoms with van der Waals surface area (Å²) in [6.45, 7) is -2.15. The number of ketones is 1. The van der Waals surface area contributed by atoms with Crippen LogP contribution in [0.1, 0.15) is 18.4 Å². The van der Waals surface area contributed by atoms with Gasteiger partial charge in [0.2, 0.25) is 0 Å². The molecule has 1 aromatic rings. The topological polar surface area (TPSA) is 49.8 Å². The Kier molecular flexibility index (Phi) is 3.64. The largest absolute Gasteiger partial charge is 0.504 e. The molecule has 0 bridgehead atoms. The molecule has 118 valence electrons. The number of hydrogen-bond acceptors (Lipinski definition) is 4. The molecule has 6 heteroatoms. The van der Waals surface area contributed by atoms with E-state index < -0.39 is 6.61 Å². The molecular weight excluding hydrogens is 292 g/mol. The van der Waals surface area contributed by atoms with Crippen molar-refractivity contribution in [3.05, 3.63) is 35.9 Å². The van der Waals surface area contributed by atoms with E-state index in [1.807, 2.05) is 13.1 Å². The summed E-state index contributed by atoms with van der Waals surface area (Å²) in [5, 5.41) is 9.94. The van der Waals surface area contributed by atoms with Crippen LogP contribution >= 0.6 is 0 Å². The molecule has 22 heavy (non-hydrogen) atoms. The molecule has 4 nitrogen and oxygen atoms in total. The first-order valence-corrected chi connectivity index (χ1v) is 7.13. The number of nitrogens with zero attached hydrogens (tertiary/aromatic N) is 1. The Morgan fingerprint density at radius 2 is 2.23 bits per heavy atom. The number of hydrogen-bond donors (Lipinski definition) is 1. The first-order valence-electron chi connectivity index (χ1n) is 7.13. The number of carbonyl (C=O) groups excluding carboxylic acids is 1. The average molecular weight is 309 g/mol. The van der Waals surface area contributed by atoms with Gasteiger partial charge in [-0.15, -0.1) is 0 Å². The van der Waals surface area contributed by atoms with Crippen molar-refractivity contribution in [2.24, 2.45) is 0 Å². The number of carbonyl (C=O) groups is 1. The lowest BCUT2D eigenvalue weighted by Gasteiger charge is -2.37. The number of phenolic OH excluding ortho intramolecular Hbond substituents is 1. The van der Waals surface area contributed by atoms with Crippen molar-refractivity contribution in [3.8, 4) is 11.5 Å². The molecule has 1 fully saturated rings. The number of aromatic hydroxyl groups is 1. The summed E-state index contributed by atoms with van der Waals surface area (Å²) in [6, 6.07) is 4.52. The Morgan fingerprint density at radius 3 is 2.91 bits per heavy atom. The highest BCUT2D eigenvalue weighted by Gasteiger charge is 2.48. The standard InChI is InChI=1S/C16H17F2NO3/c1-19-7-6-16(5-4-11(20)9-14(16)19)10-2-3-13(12(21)8-10)22-15(17)18/h2-5,8,14-15,21H,6-7,9H2,1H3/t14-,16-/m0/s1. The predicted molar refractivity (Wildman–Crippen MR) is 76.2 cm³/mol. The Labute approximate surface area is 127 Å². The first kappa shape index (κ1) is 15.0. The highest BCUT2D eigenvalue weighted by molar-refractivity contribution is 5.92. The third kappa shape index (κ3) is 2.37. The van der Waals surface area contributed by atoms with Crippen LogP contribution in [0.5, 0.6) is 11.5 Å². The Morgan fingerprint density at radius 1 is 1.45 bits per heavy atom. The minimum atomic E-state index is -2.98. The second-order valence-corrected chi connectivity index (χ2v) is 5.85. The predicted octanol–water partition coefficient (Wildman–Crippen LogP) is 2.46. The number of rotatable bonds is 3. The molecule has 2 aliphatic rings. The van der Waals surface area contributed by atoms with Crippen LogP contribution < -0.4 is 4.74 Å². The van der Waals surface area contributed by atoms with Crippen molar-refractivity contribution in [1.82, 2.24) is 4.90 Å². The molecule has 0 spiro atoms. The number of halogens is 2. The van der Waals surface area contributed by atoms with Gasteiger partial charge in [0.1, 0.15) is 0 Å². The summed E-state index contributed by atoms with van der Waals surface area (Å²) in [7, 11) is 1.97. The van der Waals surface area contributed by atoms with E-state index in [-0.39, 0.29) is 28.7 Å². The molecule has 1 aliphatic heterocycles. The fourth-order valence-corrected chi connectivity index (χ4v) is 3.55. The summed E-state index contributed by atoms with van der Waals surface area (Å²) in [5.74, 6) is -0.476. The van der Waals surface area contributed by atoms with Gasteiger partial charge in [-0.3, -0.25) is 4.79 Å². The molecule has 1 aliphatic carbocycles. The van der Waals surface area contributed by atoms with Crippen LogP contribution in [0, 0.1) is 0 Å². The first-order chi connectivity index (χ1) is 10.4. The van der Waals surface area contributed by atoms with E-state index in [2.05, 4.69) is 9.64 Å². The van der Waals surface area contributed by atoms with Crippen molar-refractivity contribution in [2.45, 2.75) is 30.9 Å². The van der Waals surface area contributed by atoms with Crippen molar-refractivity contribution in [3.63, 3.8) is 0 Å². The van der Waals surface area contributed by atoms with Gasteiger partial charge >= 0.3 is 6.61 Å². The zero-order valence-electron chi connectivity index (χ0n) is 12.1. The molecule has 0 aromatic heterocycles. The Hall–Kier alpha value is -1.95. The zero-order valence-corrected chi connectivity index (χ0v) is 12.1. The van der Waals surface area contributed by atoms with Crippen LogP contribution in [0.25, 0.3) is 0 Å². The number of benzene rings is 1. The highest BCUT2D eigenvalue weighted by Crippen LogP contribution is 2.46. The van der Waals surface area contributed by atoms with Crippen LogP contribution in [0.2, 0.25) is 0 Å². The van der Waals surface area contributed by atoms with Crippen LogP contribution in [-0.4, -0.2) is 42.0 Å². The maximum absolute atomic E-state index is 12.3. The van der Waals surface area contributed by atoms with Crippen molar-refractivity contribution >= 4 is 5.78 Å². The van der Waals surface area contributed by atoms with Gasteiger partial charge in [-0.1, -0.05) is 12.1 Å². The van der Waals surface area contributed by atoms with Crippen molar-refractivity contribution in [1.29, 1.82) is 0 Å². The molecule has 0 unspecified atom stereocenters. The number of likely N-dealkylation sites (tertiary alicyclic amines) is 1. The normalized spacial score (nSPS) is 28.2. The monoisotopic (exact) mass is 309 g/mol. The third-order valence-corrected chi connectivity index (χ3v) is 4.68. The number of allylic oxidation sites excluding steroid dienone is 1. The number of alkyl halides is 2. The molecular formula is C16H17F2NO3. The van der Waals surface area contributed by atoms with Gasteiger partial charge in [0.15, 0.2) is 17.3 Å². The van der Waals surface area contributed by atoms with Crippen molar-refractivity contribution in [2.75, 3.05) is 13.6 Å². The second-order valence-electron chi connectivity index (χ2n) is 5.85. The second kappa shape index (κ2) is 5.35. The van der Waals surface area contributed by atoms with Gasteiger partial charge in [0.05, 0.1) is 0 Å². The number of phenols is 1. The SMILES string of the molecule is CN1CC[C@]2(c3ccc(OC(F)F)c(O)c3)C=CC(=O)C[C@H]12. The quantitative estimate of drug-likeness (QED) is 0.932. The lowest BCUT2D eigenvalue weighted by Crippen LogP contribution is -2.43. The number of fused-ring (bicyclic) bond motifs is 1. The smallest absolute Gasteiger partial charge is 0.387 e. The van der Waals surface area contributed by atoms with Gasteiger partial charge in [0.25, 0.3) is 0 Å². The van der Waals surface area contributed by atoms with Crippen LogP contribution in [0.15, 0.2) is 30.4 Å². The van der Waals surface area contributed by atoms with Gasteiger partial charge in [-0.2, -0.15) is 8.78 Å². The number of likely N-dealkylation sites (N-methyl/N-ethyl adjacent to an activating group) is 1. The molecule has 0 radical (unpaired) electrons. The highest BCUT2D eigenvalue weighted by atomic mass is 19.3. The maximum Gasteiger partial charge on any atom is 0.387 e. The van der Waals surface area contributed by atoms with E-state index in [9.17, 15) is 18.7 Å². The van der Waals surface area contributed by atoms with E-state index in [0.29, 0.717) is 6.42 Å². The van der Waals surface area contributed by atoms with Crippen LogP contribution in [0.4, 0.5) is 8.78 Å². The molecule has 0 amide bonds. The minimum Gasteiger partial charge on any atom is -0.504 e. The van der Waals surface area contributed by atoms with E-state index in [1.54, 1.807) is 12.1 Å². The lowest BCUT2D eigenvalue weighted by atomic mass is 9.69. The van der Waals surface area contributed by atoms with E-state index in [0.717, 1.165) is 18.5 Å². The molecule has 1 aromatic carbocycles. The summed E-state index contributed by atoms with van der Waals surface area (Å²) in [6.07, 6.45) is 4.70. The van der Waals surface area contributed by atoms with E-state index in [4.69, 9.17) is 0 Å². The van der Waals surface area contributed by atoms with Gasteiger partial charge in [0, 0.05) is 17.9 Å². The molecule has 0 saturated carbocycles. The summed E-state index contributed by atoms with van der Waals surface area (Å²) in [5.41, 5.74) is 0.438. The summed E-state index contributed by atoms with van der Waals surface area (Å²) < 4.78 is 28.8. The summed E-state index contributed by atoms with van der Waals surface area (Å²) in [4.78, 5) is 13.8. The average Bonchev–Trinajstić information content (AvgIpc) is 2.79. The fraction of sp³-hybridized carbons (Fsp3) is 0.438. The lowest BCUT2D eigenvalue weighted by molar-refractivity contribution is -0.116. The number of ether oxygens (including phenoxy) is 1. The Balaban J connectivity index is 2.00. The Bertz CT molecular complexity index is 632.